The Bertz CT molecular complexity index is 1380. The molecule has 4 aromatic rings. The Morgan fingerprint density at radius 3 is 2.54 bits per heavy atom. The molecular formula is C27H26FN5O2. The Kier molecular flexibility index (Phi) is 6.27. The lowest BCUT2D eigenvalue weighted by Gasteiger charge is -2.31. The minimum atomic E-state index is -0.312. The van der Waals surface area contributed by atoms with Gasteiger partial charge in [-0.15, -0.1) is 0 Å². The summed E-state index contributed by atoms with van der Waals surface area (Å²) in [5.74, 6) is -0.466. The summed E-state index contributed by atoms with van der Waals surface area (Å²) in [6, 6.07) is 17.9. The molecule has 2 amide bonds. The molecule has 35 heavy (non-hydrogen) atoms. The number of hydrogen-bond donors (Lipinski definition) is 1. The maximum Gasteiger partial charge on any atom is 0.254 e. The summed E-state index contributed by atoms with van der Waals surface area (Å²) < 4.78 is 15.5. The van der Waals surface area contributed by atoms with Gasteiger partial charge >= 0.3 is 0 Å². The number of fused-ring (bicyclic) bond motifs is 1. The third-order valence-electron chi connectivity index (χ3n) is 6.53. The third kappa shape index (κ3) is 4.64. The van der Waals surface area contributed by atoms with Gasteiger partial charge in [0.2, 0.25) is 5.91 Å². The zero-order chi connectivity index (χ0) is 24.4. The van der Waals surface area contributed by atoms with Gasteiger partial charge in [-0.3, -0.25) is 9.59 Å². The average molecular weight is 472 g/mol. The summed E-state index contributed by atoms with van der Waals surface area (Å²) in [5, 5.41) is 7.85. The molecule has 0 bridgehead atoms. The summed E-state index contributed by atoms with van der Waals surface area (Å²) in [6.45, 7) is 1.36. The van der Waals surface area contributed by atoms with Crippen molar-refractivity contribution in [3.63, 3.8) is 0 Å². The van der Waals surface area contributed by atoms with Crippen LogP contribution in [0, 0.1) is 11.7 Å². The lowest BCUT2D eigenvalue weighted by Crippen LogP contribution is -2.42. The predicted octanol–water partition coefficient (Wildman–Crippen LogP) is 3.88. The fourth-order valence-electron chi connectivity index (χ4n) is 4.62. The highest BCUT2D eigenvalue weighted by Crippen LogP contribution is 2.28. The number of halogens is 1. The number of nitrogens with one attached hydrogen (secondary N) is 1. The average Bonchev–Trinajstić information content (AvgIpc) is 3.30. The minimum absolute atomic E-state index is 0.0217. The van der Waals surface area contributed by atoms with Crippen LogP contribution in [0.3, 0.4) is 0 Å². The highest BCUT2D eigenvalue weighted by Gasteiger charge is 2.29. The fourth-order valence-corrected chi connectivity index (χ4v) is 4.62. The quantitative estimate of drug-likeness (QED) is 0.479. The first-order valence-electron chi connectivity index (χ1n) is 11.7. The summed E-state index contributed by atoms with van der Waals surface area (Å²) in [5.41, 5.74) is 3.41. The molecule has 2 aromatic heterocycles. The molecule has 8 heteroatoms. The first-order valence-corrected chi connectivity index (χ1v) is 11.7. The highest BCUT2D eigenvalue weighted by molar-refractivity contribution is 6.06. The number of benzene rings is 2. The second-order valence-electron chi connectivity index (χ2n) is 8.77. The standard InChI is InChI=1S/C27H26FN5O2/c1-29-26(34)20-10-12-32(13-11-20)27(35)22-15-24(19-7-3-2-4-8-19)31-25-23(22)16-30-33(25)17-18-6-5-9-21(28)14-18/h2-9,14-16,20H,10-13,17H2,1H3,(H,29,34). The van der Waals surface area contributed by atoms with Crippen LogP contribution in [0.15, 0.2) is 66.9 Å². The van der Waals surface area contributed by atoms with Crippen molar-refractivity contribution in [2.75, 3.05) is 20.1 Å². The van der Waals surface area contributed by atoms with Gasteiger partial charge < -0.3 is 10.2 Å². The van der Waals surface area contributed by atoms with Crippen molar-refractivity contribution >= 4 is 22.8 Å². The van der Waals surface area contributed by atoms with Gasteiger partial charge in [0.05, 0.1) is 29.4 Å². The number of carbonyl (C=O) groups is 2. The molecule has 1 saturated heterocycles. The molecule has 1 N–H and O–H groups in total. The first-order chi connectivity index (χ1) is 17.0. The highest BCUT2D eigenvalue weighted by atomic mass is 19.1. The molecule has 0 aliphatic carbocycles. The number of pyridine rings is 1. The molecule has 5 rings (SSSR count). The molecule has 7 nitrogen and oxygen atoms in total. The molecule has 0 saturated carbocycles. The Balaban J connectivity index is 1.53. The number of likely N-dealkylation sites (tertiary alicyclic amines) is 1. The van der Waals surface area contributed by atoms with Gasteiger partial charge in [-0.05, 0) is 36.6 Å². The van der Waals surface area contributed by atoms with E-state index < -0.39 is 0 Å². The number of amides is 2. The molecule has 0 radical (unpaired) electrons. The van der Waals surface area contributed by atoms with Crippen molar-refractivity contribution in [1.82, 2.24) is 25.0 Å². The van der Waals surface area contributed by atoms with Crippen molar-refractivity contribution in [3.05, 3.63) is 83.8 Å². The van der Waals surface area contributed by atoms with Gasteiger partial charge in [0.1, 0.15) is 5.82 Å². The Hall–Kier alpha value is -4.07. The van der Waals surface area contributed by atoms with Crippen LogP contribution in [0.25, 0.3) is 22.3 Å². The van der Waals surface area contributed by atoms with E-state index in [-0.39, 0.29) is 23.5 Å². The maximum absolute atomic E-state index is 13.8. The van der Waals surface area contributed by atoms with Gasteiger partial charge in [-0.25, -0.2) is 14.1 Å². The fraction of sp³-hybridized carbons (Fsp3) is 0.259. The van der Waals surface area contributed by atoms with E-state index in [1.165, 1.54) is 12.1 Å². The van der Waals surface area contributed by atoms with Crippen molar-refractivity contribution in [2.45, 2.75) is 19.4 Å². The SMILES string of the molecule is CNC(=O)C1CCN(C(=O)c2cc(-c3ccccc3)nc3c2cnn3Cc2cccc(F)c2)CC1. The minimum Gasteiger partial charge on any atom is -0.359 e. The van der Waals surface area contributed by atoms with Crippen LogP contribution >= 0.6 is 0 Å². The van der Waals surface area contributed by atoms with E-state index in [1.54, 1.807) is 28.9 Å². The van der Waals surface area contributed by atoms with Crippen LogP contribution in [0.4, 0.5) is 4.39 Å². The van der Waals surface area contributed by atoms with Crippen molar-refractivity contribution in [3.8, 4) is 11.3 Å². The van der Waals surface area contributed by atoms with Crippen LogP contribution in [0.5, 0.6) is 0 Å². The zero-order valence-corrected chi connectivity index (χ0v) is 19.4. The van der Waals surface area contributed by atoms with Gasteiger partial charge in [-0.1, -0.05) is 42.5 Å². The lowest BCUT2D eigenvalue weighted by molar-refractivity contribution is -0.125. The van der Waals surface area contributed by atoms with Crippen LogP contribution in [0.1, 0.15) is 28.8 Å². The van der Waals surface area contributed by atoms with Crippen LogP contribution in [-0.2, 0) is 11.3 Å². The van der Waals surface area contributed by atoms with E-state index in [1.807, 2.05) is 42.5 Å². The summed E-state index contributed by atoms with van der Waals surface area (Å²) in [7, 11) is 1.64. The first kappa shape index (κ1) is 22.7. The van der Waals surface area contributed by atoms with Crippen molar-refractivity contribution < 1.29 is 14.0 Å². The molecule has 1 aliphatic heterocycles. The monoisotopic (exact) mass is 471 g/mol. The third-order valence-corrected chi connectivity index (χ3v) is 6.53. The van der Waals surface area contributed by atoms with Gasteiger partial charge in [0, 0.05) is 31.6 Å². The van der Waals surface area contributed by atoms with Crippen molar-refractivity contribution in [2.24, 2.45) is 5.92 Å². The predicted molar refractivity (Wildman–Crippen MR) is 131 cm³/mol. The van der Waals surface area contributed by atoms with E-state index >= 15 is 0 Å². The zero-order valence-electron chi connectivity index (χ0n) is 19.4. The maximum atomic E-state index is 13.8. The van der Waals surface area contributed by atoms with E-state index in [2.05, 4.69) is 10.4 Å². The molecular weight excluding hydrogens is 445 g/mol. The number of piperidine rings is 1. The number of rotatable bonds is 5. The van der Waals surface area contributed by atoms with E-state index in [4.69, 9.17) is 4.98 Å². The Labute approximate surface area is 202 Å². The molecule has 0 unspecified atom stereocenters. The molecule has 3 heterocycles. The largest absolute Gasteiger partial charge is 0.359 e. The second-order valence-corrected chi connectivity index (χ2v) is 8.77. The van der Waals surface area contributed by atoms with Gasteiger partial charge in [-0.2, -0.15) is 5.10 Å². The Morgan fingerprint density at radius 1 is 1.06 bits per heavy atom. The molecule has 0 atom stereocenters. The number of hydrogen-bond acceptors (Lipinski definition) is 4. The summed E-state index contributed by atoms with van der Waals surface area (Å²) >= 11 is 0. The van der Waals surface area contributed by atoms with E-state index in [0.29, 0.717) is 54.8 Å². The number of carbonyl (C=O) groups excluding carboxylic acids is 2. The Morgan fingerprint density at radius 2 is 1.83 bits per heavy atom. The molecule has 0 spiro atoms. The summed E-state index contributed by atoms with van der Waals surface area (Å²) in [6.07, 6.45) is 2.91. The van der Waals surface area contributed by atoms with E-state index in [9.17, 15) is 14.0 Å². The molecule has 1 aliphatic rings. The number of nitrogens with zero attached hydrogens (tertiary/aromatic N) is 4. The van der Waals surface area contributed by atoms with Gasteiger partial charge in [0.15, 0.2) is 5.65 Å². The lowest BCUT2D eigenvalue weighted by atomic mass is 9.95. The normalized spacial score (nSPS) is 14.3. The molecule has 178 valence electrons. The summed E-state index contributed by atoms with van der Waals surface area (Å²) in [4.78, 5) is 32.3. The van der Waals surface area contributed by atoms with Gasteiger partial charge in [0.25, 0.3) is 5.91 Å². The molecule has 1 fully saturated rings. The molecule has 2 aromatic carbocycles. The van der Waals surface area contributed by atoms with Crippen LogP contribution in [0.2, 0.25) is 0 Å². The number of aromatic nitrogens is 3. The van der Waals surface area contributed by atoms with E-state index in [0.717, 1.165) is 11.1 Å². The second kappa shape index (κ2) is 9.66. The smallest absolute Gasteiger partial charge is 0.254 e. The van der Waals surface area contributed by atoms with Crippen molar-refractivity contribution in [1.29, 1.82) is 0 Å². The van der Waals surface area contributed by atoms with Crippen LogP contribution in [-0.4, -0.2) is 51.6 Å². The van der Waals surface area contributed by atoms with Crippen LogP contribution < -0.4 is 5.32 Å². The topological polar surface area (TPSA) is 80.1 Å².